The Labute approximate surface area is 188 Å². The van der Waals surface area contributed by atoms with Gasteiger partial charge in [-0.05, 0) is 24.3 Å². The maximum absolute atomic E-state index is 13.6. The van der Waals surface area contributed by atoms with E-state index in [2.05, 4.69) is 9.98 Å². The molecule has 0 saturated carbocycles. The fourth-order valence-electron chi connectivity index (χ4n) is 4.96. The molecule has 6 rings (SSSR count). The number of imide groups is 1. The van der Waals surface area contributed by atoms with E-state index in [4.69, 9.17) is 0 Å². The zero-order valence-corrected chi connectivity index (χ0v) is 17.3. The Morgan fingerprint density at radius 1 is 0.788 bits per heavy atom. The van der Waals surface area contributed by atoms with Crippen molar-refractivity contribution in [2.45, 2.75) is 6.04 Å². The summed E-state index contributed by atoms with van der Waals surface area (Å²) in [6, 6.07) is 19.9. The third kappa shape index (κ3) is 2.65. The second-order valence-electron chi connectivity index (χ2n) is 8.16. The summed E-state index contributed by atoms with van der Waals surface area (Å²) in [7, 11) is 0. The highest BCUT2D eigenvalue weighted by molar-refractivity contribution is 6.42. The van der Waals surface area contributed by atoms with Gasteiger partial charge in [0.25, 0.3) is 0 Å². The summed E-state index contributed by atoms with van der Waals surface area (Å²) in [5.74, 6) is -3.31. The van der Waals surface area contributed by atoms with Gasteiger partial charge in [0.1, 0.15) is 11.8 Å². The molecular formula is C26H17N3O4. The SMILES string of the molecule is O=C1C(C2=N[C@@H](c3ccccn3)[C@@H]3C(=O)N(c4ccccc4)C(=O)[C@@H]23)=C(O)c2ccccc21. The number of anilines is 1. The lowest BCUT2D eigenvalue weighted by Crippen LogP contribution is -2.33. The highest BCUT2D eigenvalue weighted by atomic mass is 16.3. The molecule has 3 aliphatic rings. The minimum Gasteiger partial charge on any atom is -0.506 e. The highest BCUT2D eigenvalue weighted by Gasteiger charge is 2.59. The summed E-state index contributed by atoms with van der Waals surface area (Å²) in [5.41, 5.74) is 1.87. The standard InChI is InChI=1S/C26H17N3O4/c30-23-15-10-4-5-11-16(15)24(31)20(23)22-19-18(21(28-22)17-12-6-7-13-27-17)25(32)29(26(19)33)14-8-2-1-3-9-14/h1-13,18-19,21,30H/t18-,19-,21+/m1/s1. The van der Waals surface area contributed by atoms with Gasteiger partial charge in [0, 0.05) is 17.3 Å². The first-order chi connectivity index (χ1) is 16.1. The largest absolute Gasteiger partial charge is 0.506 e. The fraction of sp³-hybridized carbons (Fsp3) is 0.115. The molecule has 1 fully saturated rings. The molecule has 1 aliphatic carbocycles. The molecular weight excluding hydrogens is 418 g/mol. The van der Waals surface area contributed by atoms with Gasteiger partial charge in [0.05, 0.1) is 34.5 Å². The molecule has 1 N–H and O–H groups in total. The zero-order chi connectivity index (χ0) is 22.7. The van der Waals surface area contributed by atoms with Crippen LogP contribution in [0.15, 0.2) is 89.6 Å². The lowest BCUT2D eigenvalue weighted by Gasteiger charge is -2.17. The first-order valence-electron chi connectivity index (χ1n) is 10.6. The number of pyridine rings is 1. The number of amides is 2. The van der Waals surface area contributed by atoms with Crippen LogP contribution >= 0.6 is 0 Å². The number of benzene rings is 2. The molecule has 0 spiro atoms. The topological polar surface area (TPSA) is 99.9 Å². The Kier molecular flexibility index (Phi) is 4.13. The first kappa shape index (κ1) is 19.3. The lowest BCUT2D eigenvalue weighted by atomic mass is 9.84. The smallest absolute Gasteiger partial charge is 0.243 e. The van der Waals surface area contributed by atoms with Crippen LogP contribution in [0.2, 0.25) is 0 Å². The van der Waals surface area contributed by atoms with Crippen LogP contribution in [0.1, 0.15) is 27.7 Å². The number of rotatable bonds is 3. The van der Waals surface area contributed by atoms with Crippen LogP contribution in [0.4, 0.5) is 5.69 Å². The number of fused-ring (bicyclic) bond motifs is 2. The van der Waals surface area contributed by atoms with Crippen molar-refractivity contribution in [1.29, 1.82) is 0 Å². The lowest BCUT2D eigenvalue weighted by molar-refractivity contribution is -0.122. The van der Waals surface area contributed by atoms with E-state index in [9.17, 15) is 19.5 Å². The molecule has 2 amide bonds. The van der Waals surface area contributed by atoms with Gasteiger partial charge in [-0.3, -0.25) is 24.4 Å². The van der Waals surface area contributed by atoms with Gasteiger partial charge in [-0.15, -0.1) is 0 Å². The van der Waals surface area contributed by atoms with Crippen molar-refractivity contribution < 1.29 is 19.5 Å². The summed E-state index contributed by atoms with van der Waals surface area (Å²) in [4.78, 5) is 50.6. The Balaban J connectivity index is 1.52. The number of hydrogen-bond acceptors (Lipinski definition) is 6. The first-order valence-corrected chi connectivity index (χ1v) is 10.6. The molecule has 0 radical (unpaired) electrons. The maximum atomic E-state index is 13.6. The summed E-state index contributed by atoms with van der Waals surface area (Å²) >= 11 is 0. The van der Waals surface area contributed by atoms with Gasteiger partial charge in [0.2, 0.25) is 11.8 Å². The molecule has 3 atom stereocenters. The number of carbonyl (C=O) groups excluding carboxylic acids is 3. The quantitative estimate of drug-likeness (QED) is 0.635. The normalized spacial score (nSPS) is 23.8. The minimum atomic E-state index is -0.986. The van der Waals surface area contributed by atoms with E-state index in [0.29, 0.717) is 22.5 Å². The van der Waals surface area contributed by atoms with Crippen molar-refractivity contribution in [1.82, 2.24) is 4.98 Å². The molecule has 2 aliphatic heterocycles. The number of allylic oxidation sites excluding steroid dienone is 1. The Morgan fingerprint density at radius 2 is 1.48 bits per heavy atom. The second-order valence-corrected chi connectivity index (χ2v) is 8.16. The number of carbonyl (C=O) groups is 3. The molecule has 33 heavy (non-hydrogen) atoms. The molecule has 7 nitrogen and oxygen atoms in total. The van der Waals surface area contributed by atoms with E-state index in [0.717, 1.165) is 4.90 Å². The van der Waals surface area contributed by atoms with Gasteiger partial charge >= 0.3 is 0 Å². The number of Topliss-reactive ketones (excluding diaryl/α,β-unsaturated/α-hetero) is 1. The van der Waals surface area contributed by atoms with Gasteiger partial charge in [-0.25, -0.2) is 4.90 Å². The average molecular weight is 435 g/mol. The molecule has 7 heteroatoms. The third-order valence-corrected chi connectivity index (χ3v) is 6.42. The summed E-state index contributed by atoms with van der Waals surface area (Å²) in [6.07, 6.45) is 1.60. The van der Waals surface area contributed by atoms with Gasteiger partial charge in [-0.2, -0.15) is 0 Å². The second kappa shape index (κ2) is 7.06. The highest BCUT2D eigenvalue weighted by Crippen LogP contribution is 2.48. The summed E-state index contributed by atoms with van der Waals surface area (Å²) < 4.78 is 0. The van der Waals surface area contributed by atoms with Crippen LogP contribution in [-0.2, 0) is 9.59 Å². The van der Waals surface area contributed by atoms with Crippen LogP contribution in [-0.4, -0.2) is 33.4 Å². The van der Waals surface area contributed by atoms with E-state index < -0.39 is 35.5 Å². The van der Waals surface area contributed by atoms with Gasteiger partial charge in [-0.1, -0.05) is 48.5 Å². The molecule has 2 aromatic carbocycles. The predicted molar refractivity (Wildman–Crippen MR) is 121 cm³/mol. The van der Waals surface area contributed by atoms with E-state index in [1.54, 1.807) is 79.0 Å². The number of aromatic nitrogens is 1. The van der Waals surface area contributed by atoms with Crippen molar-refractivity contribution in [3.63, 3.8) is 0 Å². The van der Waals surface area contributed by atoms with Crippen molar-refractivity contribution in [3.8, 4) is 0 Å². The molecule has 0 bridgehead atoms. The Morgan fingerprint density at radius 3 is 2.18 bits per heavy atom. The van der Waals surface area contributed by atoms with Crippen LogP contribution in [0, 0.1) is 11.8 Å². The van der Waals surface area contributed by atoms with Crippen molar-refractivity contribution in [2.75, 3.05) is 4.90 Å². The van der Waals surface area contributed by atoms with Gasteiger partial charge < -0.3 is 5.11 Å². The third-order valence-electron chi connectivity index (χ3n) is 6.42. The fourth-order valence-corrected chi connectivity index (χ4v) is 4.96. The van der Waals surface area contributed by atoms with E-state index in [-0.39, 0.29) is 17.0 Å². The van der Waals surface area contributed by atoms with Crippen molar-refractivity contribution in [3.05, 3.63) is 101 Å². The number of para-hydroxylation sites is 1. The van der Waals surface area contributed by atoms with Crippen molar-refractivity contribution >= 4 is 34.8 Å². The molecule has 0 unspecified atom stereocenters. The van der Waals surface area contributed by atoms with E-state index in [1.165, 1.54) is 0 Å². The Hall–Kier alpha value is -4.39. The molecule has 1 saturated heterocycles. The number of ketones is 1. The molecule has 160 valence electrons. The summed E-state index contributed by atoms with van der Waals surface area (Å²) in [5, 5.41) is 10.9. The summed E-state index contributed by atoms with van der Waals surface area (Å²) in [6.45, 7) is 0. The van der Waals surface area contributed by atoms with Crippen LogP contribution in [0.25, 0.3) is 5.76 Å². The number of aliphatic imine (C=N–C) groups is 1. The van der Waals surface area contributed by atoms with Crippen LogP contribution in [0.3, 0.4) is 0 Å². The zero-order valence-electron chi connectivity index (χ0n) is 17.3. The maximum Gasteiger partial charge on any atom is 0.243 e. The van der Waals surface area contributed by atoms with Gasteiger partial charge in [0.15, 0.2) is 5.78 Å². The Bertz CT molecular complexity index is 1400. The molecule has 3 aromatic rings. The van der Waals surface area contributed by atoms with Crippen LogP contribution in [0.5, 0.6) is 0 Å². The van der Waals surface area contributed by atoms with Crippen molar-refractivity contribution in [2.24, 2.45) is 16.8 Å². The van der Waals surface area contributed by atoms with E-state index in [1.807, 2.05) is 0 Å². The monoisotopic (exact) mass is 435 g/mol. The number of hydrogen-bond donors (Lipinski definition) is 1. The predicted octanol–water partition coefficient (Wildman–Crippen LogP) is 3.55. The number of nitrogens with zero attached hydrogens (tertiary/aromatic N) is 3. The number of aliphatic hydroxyl groups is 1. The minimum absolute atomic E-state index is 0.0132. The molecule has 1 aromatic heterocycles. The van der Waals surface area contributed by atoms with Crippen LogP contribution < -0.4 is 4.90 Å². The molecule has 3 heterocycles. The average Bonchev–Trinajstić information content (AvgIpc) is 3.44. The van der Waals surface area contributed by atoms with E-state index >= 15 is 0 Å². The number of aliphatic hydroxyl groups excluding tert-OH is 1.